The fourth-order valence-electron chi connectivity index (χ4n) is 2.43. The second kappa shape index (κ2) is 5.85. The van der Waals surface area contributed by atoms with Crippen LogP contribution in [0.2, 0.25) is 0 Å². The van der Waals surface area contributed by atoms with Gasteiger partial charge in [-0.1, -0.05) is 30.0 Å². The van der Waals surface area contributed by atoms with E-state index in [1.807, 2.05) is 23.6 Å². The number of carbonyl (C=O) groups is 1. The van der Waals surface area contributed by atoms with Gasteiger partial charge in [-0.15, -0.1) is 11.3 Å². The molecule has 0 bridgehead atoms. The van der Waals surface area contributed by atoms with Gasteiger partial charge in [0.2, 0.25) is 0 Å². The topological polar surface area (TPSA) is 65.5 Å². The average Bonchev–Trinajstić information content (AvgIpc) is 3.08. The van der Waals surface area contributed by atoms with Crippen molar-refractivity contribution in [2.24, 2.45) is 0 Å². The third-order valence-electron chi connectivity index (χ3n) is 3.72. The van der Waals surface area contributed by atoms with Gasteiger partial charge in [0.25, 0.3) is 0 Å². The Morgan fingerprint density at radius 3 is 2.79 bits per heavy atom. The maximum absolute atomic E-state index is 11.0. The number of amides is 1. The Labute approximate surface area is 147 Å². The van der Waals surface area contributed by atoms with Gasteiger partial charge in [0.05, 0.1) is 17.1 Å². The molecule has 1 aromatic heterocycles. The second-order valence-corrected chi connectivity index (χ2v) is 7.21. The number of rotatable bonds is 2. The molecule has 3 aromatic rings. The highest BCUT2D eigenvalue weighted by Gasteiger charge is 2.17. The molecule has 0 radical (unpaired) electrons. The predicted octanol–water partition coefficient (Wildman–Crippen LogP) is 5.13. The van der Waals surface area contributed by atoms with E-state index in [4.69, 9.17) is 5.11 Å². The number of nitrogens with zero attached hydrogens (tertiary/aromatic N) is 2. The predicted molar refractivity (Wildman–Crippen MR) is 97.8 cm³/mol. The maximum Gasteiger partial charge on any atom is 0.413 e. The number of aromatic nitrogens is 1. The van der Waals surface area contributed by atoms with Gasteiger partial charge in [-0.3, -0.25) is 4.90 Å². The van der Waals surface area contributed by atoms with Crippen LogP contribution in [0.4, 0.5) is 21.3 Å². The van der Waals surface area contributed by atoms with Crippen LogP contribution in [-0.4, -0.2) is 23.2 Å². The van der Waals surface area contributed by atoms with Crippen molar-refractivity contribution in [3.05, 3.63) is 47.8 Å². The van der Waals surface area contributed by atoms with Crippen molar-refractivity contribution in [1.29, 1.82) is 0 Å². The van der Waals surface area contributed by atoms with E-state index in [-0.39, 0.29) is 0 Å². The molecule has 0 spiro atoms. The molecule has 24 heavy (non-hydrogen) atoms. The van der Waals surface area contributed by atoms with Crippen LogP contribution >= 0.6 is 23.1 Å². The highest BCUT2D eigenvalue weighted by atomic mass is 32.2. The molecular formula is C17H13N3O2S2. The third-order valence-corrected chi connectivity index (χ3v) is 5.79. The van der Waals surface area contributed by atoms with Gasteiger partial charge >= 0.3 is 6.09 Å². The molecule has 0 atom stereocenters. The minimum Gasteiger partial charge on any atom is -0.465 e. The standard InChI is InChI=1S/C17H13N3O2S2/c1-20(17(21)22)16-19-13(9-23-16)10-6-7-15-12(8-10)18-11-4-2-3-5-14(11)24-15/h2-9,18H,1H3,(H,21,22). The Bertz CT molecular complexity index is 939. The number of hydrogen-bond donors (Lipinski definition) is 2. The van der Waals surface area contributed by atoms with Crippen LogP contribution in [0, 0.1) is 0 Å². The van der Waals surface area contributed by atoms with E-state index >= 15 is 0 Å². The zero-order valence-electron chi connectivity index (χ0n) is 12.7. The van der Waals surface area contributed by atoms with Crippen LogP contribution in [0.25, 0.3) is 11.3 Å². The van der Waals surface area contributed by atoms with E-state index in [1.54, 1.807) is 11.8 Å². The largest absolute Gasteiger partial charge is 0.465 e. The Kier molecular flexibility index (Phi) is 3.66. The van der Waals surface area contributed by atoms with E-state index in [9.17, 15) is 4.79 Å². The number of anilines is 3. The molecular weight excluding hydrogens is 342 g/mol. The molecule has 0 aliphatic carbocycles. The van der Waals surface area contributed by atoms with Gasteiger partial charge in [0, 0.05) is 27.8 Å². The minimum absolute atomic E-state index is 0.461. The lowest BCUT2D eigenvalue weighted by molar-refractivity contribution is 0.203. The van der Waals surface area contributed by atoms with Crippen molar-refractivity contribution in [1.82, 2.24) is 4.98 Å². The van der Waals surface area contributed by atoms with Gasteiger partial charge in [-0.2, -0.15) is 0 Å². The number of nitrogens with one attached hydrogen (secondary N) is 1. The fraction of sp³-hybridized carbons (Fsp3) is 0.0588. The number of hydrogen-bond acceptors (Lipinski definition) is 5. The molecule has 2 heterocycles. The Hall–Kier alpha value is -2.51. The summed E-state index contributed by atoms with van der Waals surface area (Å²) in [5.41, 5.74) is 3.87. The Balaban J connectivity index is 1.66. The summed E-state index contributed by atoms with van der Waals surface area (Å²) < 4.78 is 0. The van der Waals surface area contributed by atoms with Crippen molar-refractivity contribution in [3.63, 3.8) is 0 Å². The van der Waals surface area contributed by atoms with E-state index in [2.05, 4.69) is 34.6 Å². The molecule has 4 rings (SSSR count). The molecule has 0 unspecified atom stereocenters. The van der Waals surface area contributed by atoms with Crippen LogP contribution < -0.4 is 10.2 Å². The Morgan fingerprint density at radius 1 is 1.17 bits per heavy atom. The first-order chi connectivity index (χ1) is 11.6. The first kappa shape index (κ1) is 15.0. The van der Waals surface area contributed by atoms with E-state index < -0.39 is 6.09 Å². The zero-order valence-corrected chi connectivity index (χ0v) is 14.3. The summed E-state index contributed by atoms with van der Waals surface area (Å²) in [7, 11) is 1.49. The van der Waals surface area contributed by atoms with Crippen LogP contribution in [0.3, 0.4) is 0 Å². The van der Waals surface area contributed by atoms with Crippen molar-refractivity contribution in [2.75, 3.05) is 17.3 Å². The second-order valence-electron chi connectivity index (χ2n) is 5.29. The summed E-state index contributed by atoms with van der Waals surface area (Å²) in [5, 5.41) is 14.8. The Morgan fingerprint density at radius 2 is 1.96 bits per heavy atom. The highest BCUT2D eigenvalue weighted by molar-refractivity contribution is 7.99. The SMILES string of the molecule is CN(C(=O)O)c1nc(-c2ccc3c(c2)Nc2ccccc2S3)cs1. The fourth-order valence-corrected chi connectivity index (χ4v) is 4.19. The van der Waals surface area contributed by atoms with Crippen molar-refractivity contribution >= 4 is 45.7 Å². The van der Waals surface area contributed by atoms with E-state index in [0.717, 1.165) is 32.4 Å². The quantitative estimate of drug-likeness (QED) is 0.522. The first-order valence-electron chi connectivity index (χ1n) is 7.22. The number of benzene rings is 2. The monoisotopic (exact) mass is 355 g/mol. The molecule has 1 amide bonds. The van der Waals surface area contributed by atoms with Gasteiger partial charge in [-0.25, -0.2) is 9.78 Å². The summed E-state index contributed by atoms with van der Waals surface area (Å²) in [6.07, 6.45) is -1.02. The zero-order chi connectivity index (χ0) is 16.7. The summed E-state index contributed by atoms with van der Waals surface area (Å²) in [4.78, 5) is 18.9. The van der Waals surface area contributed by atoms with Crippen LogP contribution in [-0.2, 0) is 0 Å². The normalized spacial score (nSPS) is 12.0. The van der Waals surface area contributed by atoms with Crippen LogP contribution in [0.1, 0.15) is 0 Å². The number of fused-ring (bicyclic) bond motifs is 2. The van der Waals surface area contributed by atoms with Crippen molar-refractivity contribution in [3.8, 4) is 11.3 Å². The first-order valence-corrected chi connectivity index (χ1v) is 8.92. The third kappa shape index (κ3) is 2.61. The lowest BCUT2D eigenvalue weighted by atomic mass is 10.1. The summed E-state index contributed by atoms with van der Waals surface area (Å²) in [6, 6.07) is 14.3. The molecule has 2 N–H and O–H groups in total. The summed E-state index contributed by atoms with van der Waals surface area (Å²) in [5.74, 6) is 0. The van der Waals surface area contributed by atoms with Crippen molar-refractivity contribution in [2.45, 2.75) is 9.79 Å². The average molecular weight is 355 g/mol. The van der Waals surface area contributed by atoms with Gasteiger partial charge in [0.1, 0.15) is 0 Å². The minimum atomic E-state index is -1.02. The lowest BCUT2D eigenvalue weighted by Crippen LogP contribution is -2.23. The van der Waals surface area contributed by atoms with E-state index in [0.29, 0.717) is 5.13 Å². The molecule has 1 aliphatic rings. The van der Waals surface area contributed by atoms with Gasteiger partial charge in [0.15, 0.2) is 5.13 Å². The van der Waals surface area contributed by atoms with Gasteiger partial charge in [-0.05, 0) is 24.3 Å². The van der Waals surface area contributed by atoms with E-state index in [1.165, 1.54) is 23.3 Å². The molecule has 7 heteroatoms. The summed E-state index contributed by atoms with van der Waals surface area (Å²) in [6.45, 7) is 0. The maximum atomic E-state index is 11.0. The summed E-state index contributed by atoms with van der Waals surface area (Å²) >= 11 is 3.05. The smallest absolute Gasteiger partial charge is 0.413 e. The van der Waals surface area contributed by atoms with Crippen molar-refractivity contribution < 1.29 is 9.90 Å². The molecule has 0 saturated heterocycles. The molecule has 5 nitrogen and oxygen atoms in total. The van der Waals surface area contributed by atoms with Crippen LogP contribution in [0.5, 0.6) is 0 Å². The van der Waals surface area contributed by atoms with Gasteiger partial charge < -0.3 is 10.4 Å². The van der Waals surface area contributed by atoms with Crippen LogP contribution in [0.15, 0.2) is 57.6 Å². The number of para-hydroxylation sites is 1. The number of thiazole rings is 1. The molecule has 1 aliphatic heterocycles. The lowest BCUT2D eigenvalue weighted by Gasteiger charge is -2.21. The molecule has 0 saturated carbocycles. The highest BCUT2D eigenvalue weighted by Crippen LogP contribution is 2.45. The molecule has 0 fully saturated rings. The molecule has 2 aromatic carbocycles. The molecule has 120 valence electrons. The number of carboxylic acid groups (broad SMARTS) is 1.